The van der Waals surface area contributed by atoms with E-state index in [-0.39, 0.29) is 18.5 Å². The van der Waals surface area contributed by atoms with Gasteiger partial charge in [-0.05, 0) is 43.7 Å². The average molecular weight is 520 g/mol. The lowest BCUT2D eigenvalue weighted by atomic mass is 10.0. The van der Waals surface area contributed by atoms with Crippen LogP contribution >= 0.6 is 0 Å². The first-order chi connectivity index (χ1) is 17.7. The van der Waals surface area contributed by atoms with E-state index >= 15 is 0 Å². The predicted molar refractivity (Wildman–Crippen MR) is 139 cm³/mol. The van der Waals surface area contributed by atoms with Crippen molar-refractivity contribution in [3.05, 3.63) is 90.1 Å². The van der Waals surface area contributed by atoms with E-state index in [9.17, 15) is 18.0 Å². The van der Waals surface area contributed by atoms with Crippen molar-refractivity contribution in [2.45, 2.75) is 24.6 Å². The molecule has 0 spiro atoms. The molecule has 1 aliphatic rings. The normalized spacial score (nSPS) is 17.5. The molecule has 0 saturated heterocycles. The van der Waals surface area contributed by atoms with Crippen LogP contribution in [0.25, 0.3) is 21.9 Å². The first kappa shape index (κ1) is 24.3. The van der Waals surface area contributed by atoms with Crippen molar-refractivity contribution in [1.29, 1.82) is 0 Å². The fourth-order valence-corrected chi connectivity index (χ4v) is 6.03. The van der Waals surface area contributed by atoms with Gasteiger partial charge in [-0.25, -0.2) is 22.2 Å². The van der Waals surface area contributed by atoms with Crippen LogP contribution in [0.4, 0.5) is 4.79 Å². The highest BCUT2D eigenvalue weighted by Crippen LogP contribution is 2.34. The molecule has 2 heterocycles. The smallest absolute Gasteiger partial charge is 0.322 e. The van der Waals surface area contributed by atoms with Crippen LogP contribution < -0.4 is 10.6 Å². The van der Waals surface area contributed by atoms with Crippen LogP contribution in [0.1, 0.15) is 29.5 Å². The molecule has 3 amide bonds. The maximum atomic E-state index is 13.8. The predicted octanol–water partition coefficient (Wildman–Crippen LogP) is 3.58. The Bertz CT molecular complexity index is 1670. The molecule has 4 aromatic rings. The number of nitrogens with zero attached hydrogens (tertiary/aromatic N) is 2. The number of rotatable bonds is 6. The van der Waals surface area contributed by atoms with E-state index in [0.717, 1.165) is 15.0 Å². The van der Waals surface area contributed by atoms with Crippen molar-refractivity contribution in [2.24, 2.45) is 0 Å². The minimum atomic E-state index is -4.02. The second kappa shape index (κ2) is 9.25. The fourth-order valence-electron chi connectivity index (χ4n) is 4.35. The summed E-state index contributed by atoms with van der Waals surface area (Å²) in [4.78, 5) is 33.0. The third-order valence-corrected chi connectivity index (χ3v) is 8.62. The third-order valence-electron chi connectivity index (χ3n) is 6.34. The van der Waals surface area contributed by atoms with Gasteiger partial charge < -0.3 is 15.0 Å². The SMILES string of the molecule is COC1=CC(C)(S(=O)(=O)n2cc(C(=O)NC(=O)NCc3nc4ccccc4[nH]3)c3ccccc32)CC=C1. The van der Waals surface area contributed by atoms with Crippen molar-refractivity contribution < 1.29 is 22.7 Å². The molecular weight excluding hydrogens is 494 g/mol. The lowest BCUT2D eigenvalue weighted by Gasteiger charge is -2.28. The fraction of sp³-hybridized carbons (Fsp3) is 0.192. The number of hydrogen-bond acceptors (Lipinski definition) is 6. The molecule has 10 nitrogen and oxygen atoms in total. The zero-order chi connectivity index (χ0) is 26.2. The molecule has 37 heavy (non-hydrogen) atoms. The highest BCUT2D eigenvalue weighted by molar-refractivity contribution is 7.91. The Labute approximate surface area is 213 Å². The molecular formula is C26H25N5O5S. The number of amides is 3. The van der Waals surface area contributed by atoms with Gasteiger partial charge in [-0.3, -0.25) is 10.1 Å². The van der Waals surface area contributed by atoms with Gasteiger partial charge in [0.25, 0.3) is 5.91 Å². The van der Waals surface area contributed by atoms with Gasteiger partial charge >= 0.3 is 6.03 Å². The van der Waals surface area contributed by atoms with Crippen LogP contribution in [-0.4, -0.2) is 46.2 Å². The molecule has 1 atom stereocenters. The summed E-state index contributed by atoms with van der Waals surface area (Å²) in [7, 11) is -2.54. The van der Waals surface area contributed by atoms with Gasteiger partial charge in [-0.15, -0.1) is 0 Å². The van der Waals surface area contributed by atoms with Crippen molar-refractivity contribution >= 4 is 43.9 Å². The molecule has 2 aromatic heterocycles. The lowest BCUT2D eigenvalue weighted by molar-refractivity contribution is 0.0965. The summed E-state index contributed by atoms with van der Waals surface area (Å²) in [5, 5.41) is 5.28. The largest absolute Gasteiger partial charge is 0.497 e. The topological polar surface area (TPSA) is 135 Å². The van der Waals surface area contributed by atoms with E-state index in [1.54, 1.807) is 49.4 Å². The molecule has 3 N–H and O–H groups in total. The number of allylic oxidation sites excluding steroid dienone is 2. The summed E-state index contributed by atoms with van der Waals surface area (Å²) in [6.07, 6.45) is 6.50. The van der Waals surface area contributed by atoms with Crippen LogP contribution in [0.15, 0.2) is 78.7 Å². The third kappa shape index (κ3) is 4.38. The number of aromatic nitrogens is 3. The Kier molecular flexibility index (Phi) is 6.08. The van der Waals surface area contributed by atoms with Crippen LogP contribution in [0.3, 0.4) is 0 Å². The Morgan fingerprint density at radius 2 is 1.92 bits per heavy atom. The van der Waals surface area contributed by atoms with E-state index in [1.807, 2.05) is 24.3 Å². The number of imidazole rings is 1. The number of imide groups is 1. The molecule has 190 valence electrons. The summed E-state index contributed by atoms with van der Waals surface area (Å²) in [5.74, 6) is 0.242. The van der Waals surface area contributed by atoms with Gasteiger partial charge in [-0.1, -0.05) is 36.4 Å². The average Bonchev–Trinajstić information content (AvgIpc) is 3.49. The number of carbonyl (C=O) groups is 2. The van der Waals surface area contributed by atoms with Crippen LogP contribution in [0.2, 0.25) is 0 Å². The minimum Gasteiger partial charge on any atom is -0.497 e. The van der Waals surface area contributed by atoms with Gasteiger partial charge in [0.1, 0.15) is 16.3 Å². The van der Waals surface area contributed by atoms with E-state index in [0.29, 0.717) is 22.5 Å². The van der Waals surface area contributed by atoms with E-state index < -0.39 is 26.7 Å². The summed E-state index contributed by atoms with van der Waals surface area (Å²) >= 11 is 0. The Morgan fingerprint density at radius 3 is 2.70 bits per heavy atom. The maximum Gasteiger partial charge on any atom is 0.322 e. The van der Waals surface area contributed by atoms with Gasteiger partial charge in [0.15, 0.2) is 0 Å². The number of fused-ring (bicyclic) bond motifs is 2. The molecule has 11 heteroatoms. The second-order valence-electron chi connectivity index (χ2n) is 8.87. The molecule has 0 aliphatic heterocycles. The number of para-hydroxylation sites is 3. The number of aromatic amines is 1. The molecule has 0 bridgehead atoms. The number of ether oxygens (including phenoxy) is 1. The Balaban J connectivity index is 1.39. The number of hydrogen-bond donors (Lipinski definition) is 3. The first-order valence-electron chi connectivity index (χ1n) is 11.5. The zero-order valence-electron chi connectivity index (χ0n) is 20.2. The molecule has 1 aliphatic carbocycles. The van der Waals surface area contributed by atoms with Gasteiger partial charge in [-0.2, -0.15) is 0 Å². The van der Waals surface area contributed by atoms with Crippen molar-refractivity contribution in [1.82, 2.24) is 24.6 Å². The number of urea groups is 1. The Hall–Kier alpha value is -4.38. The van der Waals surface area contributed by atoms with Gasteiger partial charge in [0, 0.05) is 11.6 Å². The van der Waals surface area contributed by atoms with E-state index in [1.165, 1.54) is 13.3 Å². The molecule has 0 fully saturated rings. The summed E-state index contributed by atoms with van der Waals surface area (Å²) < 4.78 is 32.6. The number of benzene rings is 2. The number of methoxy groups -OCH3 is 1. The quantitative estimate of drug-likeness (QED) is 0.356. The number of nitrogens with one attached hydrogen (secondary N) is 3. The highest BCUT2D eigenvalue weighted by atomic mass is 32.2. The second-order valence-corrected chi connectivity index (χ2v) is 11.1. The number of carbonyl (C=O) groups excluding carboxylic acids is 2. The van der Waals surface area contributed by atoms with Crippen LogP contribution in [0.5, 0.6) is 0 Å². The van der Waals surface area contributed by atoms with E-state index in [2.05, 4.69) is 20.6 Å². The summed E-state index contributed by atoms with van der Waals surface area (Å²) in [5.41, 5.74) is 1.99. The summed E-state index contributed by atoms with van der Waals surface area (Å²) in [6.45, 7) is 1.68. The highest BCUT2D eigenvalue weighted by Gasteiger charge is 2.41. The van der Waals surface area contributed by atoms with Crippen LogP contribution in [0, 0.1) is 0 Å². The van der Waals surface area contributed by atoms with Gasteiger partial charge in [0.05, 0.1) is 35.8 Å². The summed E-state index contributed by atoms with van der Waals surface area (Å²) in [6, 6.07) is 13.4. The van der Waals surface area contributed by atoms with Gasteiger partial charge in [0.2, 0.25) is 10.0 Å². The minimum absolute atomic E-state index is 0.0592. The molecule has 0 radical (unpaired) electrons. The lowest BCUT2D eigenvalue weighted by Crippen LogP contribution is -2.39. The van der Waals surface area contributed by atoms with Crippen molar-refractivity contribution in [2.75, 3.05) is 7.11 Å². The van der Waals surface area contributed by atoms with Crippen LogP contribution in [-0.2, 0) is 21.3 Å². The standard InChI is InChI=1S/C26H25N5O5S/c1-26(13-7-8-17(14-26)36-2)37(34,35)31-16-19(18-9-3-6-12-22(18)31)24(32)30-25(33)27-15-23-28-20-10-4-5-11-21(20)29-23/h3-12,14,16H,13,15H2,1-2H3,(H,28,29)(H2,27,30,32,33). The first-order valence-corrected chi connectivity index (χ1v) is 13.0. The van der Waals surface area contributed by atoms with Crippen molar-refractivity contribution in [3.8, 4) is 0 Å². The molecule has 5 rings (SSSR count). The Morgan fingerprint density at radius 1 is 1.16 bits per heavy atom. The number of H-pyrrole nitrogens is 1. The van der Waals surface area contributed by atoms with E-state index in [4.69, 9.17) is 4.74 Å². The van der Waals surface area contributed by atoms with Crippen molar-refractivity contribution in [3.63, 3.8) is 0 Å². The molecule has 1 unspecified atom stereocenters. The molecule has 0 saturated carbocycles. The maximum absolute atomic E-state index is 13.8. The monoisotopic (exact) mass is 519 g/mol. The molecule has 2 aromatic carbocycles. The zero-order valence-corrected chi connectivity index (χ0v) is 21.0.